The van der Waals surface area contributed by atoms with Crippen LogP contribution in [0.2, 0.25) is 0 Å². The molecule has 0 radical (unpaired) electrons. The van der Waals surface area contributed by atoms with Crippen LogP contribution in [0.3, 0.4) is 0 Å². The third-order valence-electron chi connectivity index (χ3n) is 11.0. The van der Waals surface area contributed by atoms with E-state index in [0.29, 0.717) is 39.3 Å². The standard InChI is InChI=1S/C47H34N6S/c1-46(2)35-21-19-32(53-38-14-6-8-16-40(38)54-41-17-9-7-15-39(41)53)25-37(35)47(3,4)34-20-18-29(24-36(34)46)42-33(26-48)43(30-12-10-22-50-27-30)52-44(45(42)49-5)31-13-11-23-51-28-31/h6-25,27-28H,1-4H3. The quantitative estimate of drug-likeness (QED) is 0.169. The SMILES string of the molecule is [C-]#[N+]c1c(-c2cccnc2)nc(-c2cccnc2)c(C#N)c1-c1ccc2c(c1)C(C)(C)c1ccc(N3c4ccccc4Sc4ccccc43)cc1C2(C)C. The molecule has 7 aromatic rings. The van der Waals surface area contributed by atoms with Gasteiger partial charge in [-0.05, 0) is 82.4 Å². The van der Waals surface area contributed by atoms with E-state index in [1.54, 1.807) is 24.8 Å². The Morgan fingerprint density at radius 3 is 1.80 bits per heavy atom. The molecule has 0 amide bonds. The average Bonchev–Trinajstić information content (AvgIpc) is 3.21. The Hall–Kier alpha value is -6.54. The van der Waals surface area contributed by atoms with Crippen molar-refractivity contribution in [3.63, 3.8) is 0 Å². The molecular formula is C47H34N6S. The van der Waals surface area contributed by atoms with E-state index in [4.69, 9.17) is 11.6 Å². The molecule has 0 fully saturated rings. The number of hydrogen-bond acceptors (Lipinski definition) is 6. The zero-order valence-corrected chi connectivity index (χ0v) is 31.1. The number of rotatable bonds is 4. The molecule has 0 unspecified atom stereocenters. The van der Waals surface area contributed by atoms with Gasteiger partial charge in [0, 0.05) is 67.8 Å². The van der Waals surface area contributed by atoms with E-state index in [-0.39, 0.29) is 5.41 Å². The van der Waals surface area contributed by atoms with E-state index < -0.39 is 5.41 Å². The van der Waals surface area contributed by atoms with E-state index in [2.05, 4.69) is 138 Å². The van der Waals surface area contributed by atoms with E-state index in [1.807, 2.05) is 36.0 Å². The van der Waals surface area contributed by atoms with Gasteiger partial charge in [0.25, 0.3) is 0 Å². The first kappa shape index (κ1) is 33.3. The predicted octanol–water partition coefficient (Wildman–Crippen LogP) is 12.2. The summed E-state index contributed by atoms with van der Waals surface area (Å²) in [4.78, 5) is 22.5. The number of fused-ring (bicyclic) bond motifs is 4. The third kappa shape index (κ3) is 5.05. The summed E-state index contributed by atoms with van der Waals surface area (Å²) in [6, 6.07) is 40.5. The minimum atomic E-state index is -0.390. The van der Waals surface area contributed by atoms with Crippen LogP contribution >= 0.6 is 11.8 Å². The molecule has 0 N–H and O–H groups in total. The van der Waals surface area contributed by atoms with Gasteiger partial charge < -0.3 is 4.90 Å². The Morgan fingerprint density at radius 2 is 1.22 bits per heavy atom. The number of hydrogen-bond donors (Lipinski definition) is 0. The summed E-state index contributed by atoms with van der Waals surface area (Å²) in [5.74, 6) is 0. The Balaban J connectivity index is 1.23. The summed E-state index contributed by atoms with van der Waals surface area (Å²) in [5, 5.41) is 10.8. The normalized spacial score (nSPS) is 14.4. The highest BCUT2D eigenvalue weighted by molar-refractivity contribution is 7.99. The van der Waals surface area contributed by atoms with Crippen molar-refractivity contribution in [2.24, 2.45) is 0 Å². The van der Waals surface area contributed by atoms with Crippen molar-refractivity contribution in [2.75, 3.05) is 4.90 Å². The van der Waals surface area contributed by atoms with Gasteiger partial charge in [0.05, 0.1) is 34.9 Å². The lowest BCUT2D eigenvalue weighted by molar-refractivity contribution is 0.521. The van der Waals surface area contributed by atoms with Gasteiger partial charge in [0.15, 0.2) is 0 Å². The second-order valence-corrected chi connectivity index (χ2v) is 15.8. The van der Waals surface area contributed by atoms with Crippen molar-refractivity contribution in [3.05, 3.63) is 173 Å². The first-order chi connectivity index (χ1) is 26.2. The predicted molar refractivity (Wildman–Crippen MR) is 217 cm³/mol. The summed E-state index contributed by atoms with van der Waals surface area (Å²) in [5.41, 5.74) is 12.1. The molecule has 258 valence electrons. The van der Waals surface area contributed by atoms with Crippen LogP contribution in [0.1, 0.15) is 55.5 Å². The third-order valence-corrected chi connectivity index (χ3v) is 12.1. The minimum absolute atomic E-state index is 0.324. The van der Waals surface area contributed by atoms with Crippen molar-refractivity contribution in [1.29, 1.82) is 5.26 Å². The van der Waals surface area contributed by atoms with Crippen LogP contribution in [-0.2, 0) is 10.8 Å². The minimum Gasteiger partial charge on any atom is -0.308 e. The van der Waals surface area contributed by atoms with Crippen molar-refractivity contribution in [1.82, 2.24) is 15.0 Å². The smallest absolute Gasteiger partial charge is 0.221 e. The van der Waals surface area contributed by atoms with Crippen LogP contribution in [-0.4, -0.2) is 15.0 Å². The summed E-state index contributed by atoms with van der Waals surface area (Å²) in [6.45, 7) is 17.6. The van der Waals surface area contributed by atoms with Gasteiger partial charge in [0.2, 0.25) is 5.69 Å². The monoisotopic (exact) mass is 714 g/mol. The highest BCUT2D eigenvalue weighted by Crippen LogP contribution is 2.55. The maximum Gasteiger partial charge on any atom is 0.221 e. The zero-order valence-electron chi connectivity index (χ0n) is 30.3. The summed E-state index contributed by atoms with van der Waals surface area (Å²) < 4.78 is 0. The first-order valence-corrected chi connectivity index (χ1v) is 18.7. The molecule has 1 aliphatic carbocycles. The number of anilines is 3. The number of para-hydroxylation sites is 2. The highest BCUT2D eigenvalue weighted by Gasteiger charge is 2.42. The van der Waals surface area contributed by atoms with Gasteiger partial charge in [-0.25, -0.2) is 4.85 Å². The topological polar surface area (TPSA) is 70.1 Å². The van der Waals surface area contributed by atoms with Crippen LogP contribution in [0, 0.1) is 17.9 Å². The van der Waals surface area contributed by atoms with Gasteiger partial charge in [0.1, 0.15) is 6.07 Å². The molecule has 9 rings (SSSR count). The van der Waals surface area contributed by atoms with Crippen molar-refractivity contribution < 1.29 is 0 Å². The van der Waals surface area contributed by atoms with Crippen LogP contribution in [0.25, 0.3) is 38.5 Å². The molecule has 0 bridgehead atoms. The molecular weight excluding hydrogens is 681 g/mol. The molecule has 0 saturated carbocycles. The maximum absolute atomic E-state index is 10.8. The molecule has 0 spiro atoms. The summed E-state index contributed by atoms with van der Waals surface area (Å²) >= 11 is 1.81. The van der Waals surface area contributed by atoms with E-state index in [0.717, 1.165) is 16.8 Å². The van der Waals surface area contributed by atoms with Crippen LogP contribution in [0.4, 0.5) is 22.7 Å². The number of benzene rings is 4. The summed E-state index contributed by atoms with van der Waals surface area (Å²) in [6.07, 6.45) is 6.82. The first-order valence-electron chi connectivity index (χ1n) is 17.8. The molecule has 4 heterocycles. The number of aromatic nitrogens is 3. The van der Waals surface area contributed by atoms with Crippen LogP contribution < -0.4 is 4.90 Å². The van der Waals surface area contributed by atoms with Crippen LogP contribution in [0.15, 0.2) is 144 Å². The molecule has 1 aliphatic heterocycles. The lowest BCUT2D eigenvalue weighted by atomic mass is 9.59. The second kappa shape index (κ2) is 12.6. The molecule has 3 aromatic heterocycles. The van der Waals surface area contributed by atoms with Crippen LogP contribution in [0.5, 0.6) is 0 Å². The molecule has 4 aromatic carbocycles. The molecule has 0 atom stereocenters. The molecule has 2 aliphatic rings. The van der Waals surface area contributed by atoms with Crippen molar-refractivity contribution in [3.8, 4) is 39.7 Å². The van der Waals surface area contributed by atoms with Gasteiger partial charge in [-0.15, -0.1) is 0 Å². The molecule has 7 heteroatoms. The van der Waals surface area contributed by atoms with Crippen molar-refractivity contribution >= 4 is 34.5 Å². The highest BCUT2D eigenvalue weighted by atomic mass is 32.2. The Morgan fingerprint density at radius 1 is 0.648 bits per heavy atom. The average molecular weight is 715 g/mol. The Kier molecular flexibility index (Phi) is 7.74. The molecule has 6 nitrogen and oxygen atoms in total. The lowest BCUT2D eigenvalue weighted by Gasteiger charge is -2.45. The number of nitrogens with zero attached hydrogens (tertiary/aromatic N) is 6. The zero-order chi connectivity index (χ0) is 37.2. The van der Waals surface area contributed by atoms with E-state index in [1.165, 1.54) is 37.9 Å². The Labute approximate surface area is 319 Å². The van der Waals surface area contributed by atoms with Gasteiger partial charge in [-0.1, -0.05) is 94.1 Å². The maximum atomic E-state index is 10.8. The van der Waals surface area contributed by atoms with Gasteiger partial charge in [-0.3, -0.25) is 15.0 Å². The largest absolute Gasteiger partial charge is 0.308 e. The number of pyridine rings is 3. The van der Waals surface area contributed by atoms with E-state index in [9.17, 15) is 5.26 Å². The molecule has 0 saturated heterocycles. The fraction of sp³-hybridized carbons (Fsp3) is 0.128. The van der Waals surface area contributed by atoms with Crippen molar-refractivity contribution in [2.45, 2.75) is 48.3 Å². The molecule has 54 heavy (non-hydrogen) atoms. The lowest BCUT2D eigenvalue weighted by Crippen LogP contribution is -2.36. The fourth-order valence-electron chi connectivity index (χ4n) is 8.26. The Bertz CT molecular complexity index is 2600. The summed E-state index contributed by atoms with van der Waals surface area (Å²) in [7, 11) is 0. The van der Waals surface area contributed by atoms with Gasteiger partial charge >= 0.3 is 0 Å². The number of nitriles is 1. The van der Waals surface area contributed by atoms with Gasteiger partial charge in [-0.2, -0.15) is 5.26 Å². The van der Waals surface area contributed by atoms with E-state index >= 15 is 0 Å². The second-order valence-electron chi connectivity index (χ2n) is 14.7. The fourth-order valence-corrected chi connectivity index (χ4v) is 9.32.